The second kappa shape index (κ2) is 8.78. The smallest absolute Gasteiger partial charge is 0.242 e. The topological polar surface area (TPSA) is 67.5 Å². The van der Waals surface area contributed by atoms with Gasteiger partial charge >= 0.3 is 0 Å². The number of amides is 1. The Bertz CT molecular complexity index is 1210. The van der Waals surface area contributed by atoms with Gasteiger partial charge in [0, 0.05) is 54.6 Å². The molecule has 1 unspecified atom stereocenters. The molecule has 4 heterocycles. The van der Waals surface area contributed by atoms with Crippen LogP contribution >= 0.6 is 11.3 Å². The van der Waals surface area contributed by atoms with Crippen LogP contribution in [0.25, 0.3) is 4.83 Å². The van der Waals surface area contributed by atoms with Crippen LogP contribution in [0.1, 0.15) is 50.0 Å². The van der Waals surface area contributed by atoms with Crippen LogP contribution in [0.5, 0.6) is 0 Å². The number of rotatable bonds is 6. The van der Waals surface area contributed by atoms with Crippen molar-refractivity contribution in [2.45, 2.75) is 45.1 Å². The first-order chi connectivity index (χ1) is 15.6. The first-order valence-corrected chi connectivity index (χ1v) is 12.0. The van der Waals surface area contributed by atoms with Gasteiger partial charge in [-0.1, -0.05) is 32.0 Å². The molecule has 5 rings (SSSR count). The highest BCUT2D eigenvalue weighted by atomic mass is 32.1. The molecule has 1 amide bonds. The molecule has 0 radical (unpaired) electrons. The van der Waals surface area contributed by atoms with E-state index in [9.17, 15) is 4.79 Å². The zero-order valence-electron chi connectivity index (χ0n) is 18.4. The molecule has 0 bridgehead atoms. The molecular formula is C24H28N6OS. The van der Waals surface area contributed by atoms with Crippen LogP contribution in [-0.2, 0) is 11.3 Å². The average Bonchev–Trinajstić information content (AvgIpc) is 3.53. The third kappa shape index (κ3) is 4.02. The number of fused-ring (bicyclic) bond motifs is 1. The Morgan fingerprint density at radius 1 is 1.25 bits per heavy atom. The maximum atomic E-state index is 13.1. The lowest BCUT2D eigenvalue weighted by Gasteiger charge is -2.32. The molecule has 0 spiro atoms. The highest BCUT2D eigenvalue weighted by Crippen LogP contribution is 2.34. The number of carbonyl (C=O) groups is 1. The number of para-hydroxylation sites is 1. The molecule has 4 aromatic rings. The van der Waals surface area contributed by atoms with Crippen molar-refractivity contribution < 1.29 is 4.79 Å². The summed E-state index contributed by atoms with van der Waals surface area (Å²) in [5.74, 6) is 2.46. The van der Waals surface area contributed by atoms with Gasteiger partial charge in [-0.25, -0.2) is 9.97 Å². The third-order valence-electron chi connectivity index (χ3n) is 6.04. The quantitative estimate of drug-likeness (QED) is 0.457. The lowest BCUT2D eigenvalue weighted by molar-refractivity contribution is -0.133. The van der Waals surface area contributed by atoms with Gasteiger partial charge in [-0.3, -0.25) is 9.20 Å². The highest BCUT2D eigenvalue weighted by molar-refractivity contribution is 7.15. The van der Waals surface area contributed by atoms with Crippen molar-refractivity contribution >= 4 is 33.7 Å². The highest BCUT2D eigenvalue weighted by Gasteiger charge is 2.29. The Balaban J connectivity index is 1.35. The number of nitrogens with zero attached hydrogens (tertiary/aromatic N) is 5. The maximum Gasteiger partial charge on any atom is 0.242 e. The van der Waals surface area contributed by atoms with Gasteiger partial charge in [-0.05, 0) is 25.0 Å². The summed E-state index contributed by atoms with van der Waals surface area (Å²) < 4.78 is 4.10. The first-order valence-electron chi connectivity index (χ1n) is 11.2. The summed E-state index contributed by atoms with van der Waals surface area (Å²) in [5, 5.41) is 5.53. The average molecular weight is 449 g/mol. The summed E-state index contributed by atoms with van der Waals surface area (Å²) in [6.45, 7) is 6.06. The van der Waals surface area contributed by atoms with Crippen molar-refractivity contribution in [1.29, 1.82) is 0 Å². The Hall–Kier alpha value is -3.13. The van der Waals surface area contributed by atoms with Crippen molar-refractivity contribution in [3.8, 4) is 0 Å². The van der Waals surface area contributed by atoms with E-state index >= 15 is 0 Å². The van der Waals surface area contributed by atoms with Crippen molar-refractivity contribution in [2.75, 3.05) is 18.4 Å². The molecule has 8 heteroatoms. The number of aromatic nitrogens is 4. The number of piperidine rings is 1. The fourth-order valence-corrected chi connectivity index (χ4v) is 5.38. The lowest BCUT2D eigenvalue weighted by atomic mass is 9.95. The van der Waals surface area contributed by atoms with Crippen LogP contribution in [0.3, 0.4) is 0 Å². The minimum atomic E-state index is 0.152. The molecule has 1 N–H and O–H groups in total. The van der Waals surface area contributed by atoms with Crippen LogP contribution in [0, 0.1) is 0 Å². The van der Waals surface area contributed by atoms with Crippen molar-refractivity contribution in [3.05, 3.63) is 65.8 Å². The van der Waals surface area contributed by atoms with E-state index in [-0.39, 0.29) is 11.8 Å². The van der Waals surface area contributed by atoms with Crippen molar-refractivity contribution in [3.63, 3.8) is 0 Å². The van der Waals surface area contributed by atoms with Gasteiger partial charge in [0.1, 0.15) is 17.2 Å². The number of hydrogen-bond acceptors (Lipinski definition) is 5. The van der Waals surface area contributed by atoms with E-state index in [1.165, 1.54) is 0 Å². The Kier molecular flexibility index (Phi) is 5.70. The van der Waals surface area contributed by atoms with Gasteiger partial charge in [0.25, 0.3) is 0 Å². The normalized spacial score (nSPS) is 16.7. The van der Waals surface area contributed by atoms with E-state index in [1.54, 1.807) is 17.5 Å². The van der Waals surface area contributed by atoms with E-state index in [1.807, 2.05) is 46.0 Å². The van der Waals surface area contributed by atoms with Crippen LogP contribution < -0.4 is 5.32 Å². The van der Waals surface area contributed by atoms with Gasteiger partial charge < -0.3 is 14.8 Å². The number of thiazole rings is 1. The van der Waals surface area contributed by atoms with Gasteiger partial charge in [0.05, 0.1) is 5.69 Å². The first kappa shape index (κ1) is 20.8. The SMILES string of the molecule is CC(C)c1nccn1CC(=O)N1CCCC(c2nc(Nc3ccccc3)n3ccsc23)C1. The van der Waals surface area contributed by atoms with E-state index in [0.717, 1.165) is 47.4 Å². The van der Waals surface area contributed by atoms with Crippen LogP contribution in [0.15, 0.2) is 54.3 Å². The summed E-state index contributed by atoms with van der Waals surface area (Å²) in [5.41, 5.74) is 2.10. The number of nitrogens with one attached hydrogen (secondary N) is 1. The van der Waals surface area contributed by atoms with E-state index in [4.69, 9.17) is 4.98 Å². The van der Waals surface area contributed by atoms with E-state index in [0.29, 0.717) is 19.0 Å². The zero-order valence-corrected chi connectivity index (χ0v) is 19.3. The van der Waals surface area contributed by atoms with Gasteiger partial charge in [-0.2, -0.15) is 0 Å². The van der Waals surface area contributed by atoms with E-state index < -0.39 is 0 Å². The molecule has 1 fully saturated rings. The molecule has 1 aliphatic rings. The Morgan fingerprint density at radius 2 is 2.09 bits per heavy atom. The lowest BCUT2D eigenvalue weighted by Crippen LogP contribution is -2.41. The molecule has 1 aromatic carbocycles. The van der Waals surface area contributed by atoms with Crippen LogP contribution in [0.2, 0.25) is 0 Å². The maximum absolute atomic E-state index is 13.1. The van der Waals surface area contributed by atoms with Crippen LogP contribution in [0.4, 0.5) is 11.6 Å². The summed E-state index contributed by atoms with van der Waals surface area (Å²) in [6, 6.07) is 10.1. The largest absolute Gasteiger partial charge is 0.340 e. The minimum absolute atomic E-state index is 0.152. The molecule has 3 aromatic heterocycles. The Morgan fingerprint density at radius 3 is 2.91 bits per heavy atom. The molecule has 0 aliphatic carbocycles. The van der Waals surface area contributed by atoms with E-state index in [2.05, 4.69) is 40.1 Å². The number of carbonyl (C=O) groups excluding carboxylic acids is 1. The summed E-state index contributed by atoms with van der Waals surface area (Å²) >= 11 is 1.70. The second-order valence-electron chi connectivity index (χ2n) is 8.64. The monoisotopic (exact) mass is 448 g/mol. The van der Waals surface area contributed by atoms with Crippen molar-refractivity contribution in [2.24, 2.45) is 0 Å². The minimum Gasteiger partial charge on any atom is -0.340 e. The zero-order chi connectivity index (χ0) is 22.1. The molecule has 32 heavy (non-hydrogen) atoms. The molecule has 7 nitrogen and oxygen atoms in total. The van der Waals surface area contributed by atoms with Gasteiger partial charge in [-0.15, -0.1) is 11.3 Å². The number of imidazole rings is 2. The molecule has 1 aliphatic heterocycles. The summed E-state index contributed by atoms with van der Waals surface area (Å²) in [4.78, 5) is 25.7. The van der Waals surface area contributed by atoms with Crippen molar-refractivity contribution in [1.82, 2.24) is 23.8 Å². The summed E-state index contributed by atoms with van der Waals surface area (Å²) in [6.07, 6.45) is 7.77. The molecule has 1 atom stereocenters. The molecule has 1 saturated heterocycles. The second-order valence-corrected chi connectivity index (χ2v) is 9.53. The fourth-order valence-electron chi connectivity index (χ4n) is 4.48. The number of hydrogen-bond donors (Lipinski definition) is 1. The van der Waals surface area contributed by atoms with Gasteiger partial charge in [0.2, 0.25) is 11.9 Å². The standard InChI is InChI=1S/C24H28N6OS/c1-17(2)22-25-10-12-29(22)16-20(31)28-11-6-7-18(15-28)21-23-30(13-14-32-23)24(27-21)26-19-8-4-3-5-9-19/h3-5,8-10,12-14,17-18H,6-7,11,15-16H2,1-2H3,(H,26,27). The predicted octanol–water partition coefficient (Wildman–Crippen LogP) is 4.87. The number of likely N-dealkylation sites (tertiary alicyclic amines) is 1. The fraction of sp³-hybridized carbons (Fsp3) is 0.375. The van der Waals surface area contributed by atoms with Gasteiger partial charge in [0.15, 0.2) is 0 Å². The predicted molar refractivity (Wildman–Crippen MR) is 128 cm³/mol. The summed E-state index contributed by atoms with van der Waals surface area (Å²) in [7, 11) is 0. The Labute approximate surface area is 191 Å². The van der Waals surface area contributed by atoms with Crippen LogP contribution in [-0.4, -0.2) is 42.8 Å². The number of anilines is 2. The molecule has 0 saturated carbocycles. The molecular weight excluding hydrogens is 420 g/mol. The number of benzene rings is 1. The molecule has 166 valence electrons. The third-order valence-corrected chi connectivity index (χ3v) is 6.93.